The smallest absolute Gasteiger partial charge is 0.263 e. The van der Waals surface area contributed by atoms with Gasteiger partial charge in [-0.2, -0.15) is 0 Å². The Bertz CT molecular complexity index is 1280. The molecule has 4 aromatic rings. The highest BCUT2D eigenvalue weighted by Gasteiger charge is 2.19. The first-order chi connectivity index (χ1) is 15.4. The average molecular weight is 504 g/mol. The van der Waals surface area contributed by atoms with E-state index in [4.69, 9.17) is 16.6 Å². The summed E-state index contributed by atoms with van der Waals surface area (Å²) in [6.45, 7) is 4.83. The molecule has 1 N–H and O–H groups in total. The van der Waals surface area contributed by atoms with E-state index < -0.39 is 0 Å². The molecular formula is C23H22ClN3O2S3. The summed E-state index contributed by atoms with van der Waals surface area (Å²) >= 11 is 10.3. The summed E-state index contributed by atoms with van der Waals surface area (Å²) < 4.78 is 1.73. The largest absolute Gasteiger partial charge is 0.325 e. The lowest BCUT2D eigenvalue weighted by atomic mass is 10.1. The summed E-state index contributed by atoms with van der Waals surface area (Å²) in [5.74, 6) is 0.446. The Kier molecular flexibility index (Phi) is 7.35. The molecule has 0 unspecified atom stereocenters. The summed E-state index contributed by atoms with van der Waals surface area (Å²) in [5, 5.41) is 8.71. The Morgan fingerprint density at radius 1 is 1.22 bits per heavy atom. The van der Waals surface area contributed by atoms with Crippen molar-refractivity contribution < 1.29 is 4.79 Å². The maximum absolute atomic E-state index is 13.5. The minimum atomic E-state index is -0.160. The second-order valence-corrected chi connectivity index (χ2v) is 10.9. The van der Waals surface area contributed by atoms with Crippen LogP contribution in [0.25, 0.3) is 20.7 Å². The molecule has 32 heavy (non-hydrogen) atoms. The van der Waals surface area contributed by atoms with Crippen molar-refractivity contribution in [2.45, 2.75) is 32.0 Å². The van der Waals surface area contributed by atoms with Gasteiger partial charge in [0.15, 0.2) is 5.16 Å². The summed E-state index contributed by atoms with van der Waals surface area (Å²) in [6, 6.07) is 11.0. The number of aromatic nitrogens is 2. The Morgan fingerprint density at radius 3 is 2.69 bits per heavy atom. The van der Waals surface area contributed by atoms with Crippen molar-refractivity contribution in [3.8, 4) is 10.4 Å². The molecule has 0 aliphatic rings. The van der Waals surface area contributed by atoms with Crippen molar-refractivity contribution in [1.82, 2.24) is 9.55 Å². The normalized spacial score (nSPS) is 11.4. The SMILES string of the molecule is CC(C)CCn1c(SCC(=O)Nc2ccc(Cl)cc2)nc2scc(-c3cccs3)c2c1=O. The predicted molar refractivity (Wildman–Crippen MR) is 137 cm³/mol. The third-order valence-corrected chi connectivity index (χ3v) is 7.84. The Morgan fingerprint density at radius 2 is 2.00 bits per heavy atom. The van der Waals surface area contributed by atoms with Crippen molar-refractivity contribution in [2.24, 2.45) is 5.92 Å². The van der Waals surface area contributed by atoms with E-state index in [0.29, 0.717) is 38.5 Å². The Labute approximate surface area is 203 Å². The van der Waals surface area contributed by atoms with Crippen LogP contribution in [0.15, 0.2) is 57.1 Å². The van der Waals surface area contributed by atoms with Crippen molar-refractivity contribution >= 4 is 67.8 Å². The molecule has 0 aliphatic heterocycles. The molecule has 3 heterocycles. The molecule has 0 radical (unpaired) electrons. The molecule has 0 aliphatic carbocycles. The number of hydrogen-bond donors (Lipinski definition) is 1. The minimum absolute atomic E-state index is 0.0408. The summed E-state index contributed by atoms with van der Waals surface area (Å²) in [5.41, 5.74) is 1.58. The van der Waals surface area contributed by atoms with E-state index in [2.05, 4.69) is 19.2 Å². The summed E-state index contributed by atoms with van der Waals surface area (Å²) in [4.78, 5) is 32.6. The molecule has 0 saturated carbocycles. The fourth-order valence-corrected chi connectivity index (χ4v) is 5.93. The van der Waals surface area contributed by atoms with E-state index in [0.717, 1.165) is 16.9 Å². The maximum Gasteiger partial charge on any atom is 0.263 e. The zero-order chi connectivity index (χ0) is 22.7. The second kappa shape index (κ2) is 10.2. The number of thioether (sulfide) groups is 1. The number of carbonyl (C=O) groups excluding carboxylic acids is 1. The topological polar surface area (TPSA) is 64.0 Å². The minimum Gasteiger partial charge on any atom is -0.325 e. The molecule has 0 fully saturated rings. The third kappa shape index (κ3) is 5.26. The first kappa shape index (κ1) is 23.0. The van der Waals surface area contributed by atoms with Crippen molar-refractivity contribution in [3.05, 3.63) is 62.5 Å². The zero-order valence-corrected chi connectivity index (χ0v) is 20.8. The molecule has 0 bridgehead atoms. The fraction of sp³-hybridized carbons (Fsp3) is 0.261. The van der Waals surface area contributed by atoms with Crippen LogP contribution in [0.5, 0.6) is 0 Å². The van der Waals surface area contributed by atoms with Gasteiger partial charge >= 0.3 is 0 Å². The number of anilines is 1. The van der Waals surface area contributed by atoms with E-state index in [1.54, 1.807) is 40.2 Å². The Hall–Kier alpha value is -2.13. The first-order valence-electron chi connectivity index (χ1n) is 10.2. The number of carbonyl (C=O) groups is 1. The molecule has 9 heteroatoms. The number of fused-ring (bicyclic) bond motifs is 1. The molecule has 0 atom stereocenters. The van der Waals surface area contributed by atoms with Gasteiger partial charge in [0, 0.05) is 33.1 Å². The molecule has 3 aromatic heterocycles. The molecule has 5 nitrogen and oxygen atoms in total. The van der Waals surface area contributed by atoms with Crippen molar-refractivity contribution in [2.75, 3.05) is 11.1 Å². The molecule has 166 valence electrons. The van der Waals surface area contributed by atoms with Crippen LogP contribution in [0.3, 0.4) is 0 Å². The van der Waals surface area contributed by atoms with E-state index in [-0.39, 0.29) is 17.2 Å². The lowest BCUT2D eigenvalue weighted by Gasteiger charge is -2.13. The van der Waals surface area contributed by atoms with Gasteiger partial charge in [-0.25, -0.2) is 4.98 Å². The average Bonchev–Trinajstić information content (AvgIpc) is 3.43. The number of amides is 1. The summed E-state index contributed by atoms with van der Waals surface area (Å²) in [6.07, 6.45) is 0.857. The summed E-state index contributed by atoms with van der Waals surface area (Å²) in [7, 11) is 0. The molecule has 1 amide bonds. The molecule has 4 rings (SSSR count). The van der Waals surface area contributed by atoms with Gasteiger partial charge < -0.3 is 5.32 Å². The van der Waals surface area contributed by atoms with Crippen LogP contribution in [0.1, 0.15) is 20.3 Å². The van der Waals surface area contributed by atoms with Crippen molar-refractivity contribution in [3.63, 3.8) is 0 Å². The lowest BCUT2D eigenvalue weighted by Crippen LogP contribution is -2.24. The van der Waals surface area contributed by atoms with Gasteiger partial charge in [-0.1, -0.05) is 43.3 Å². The quantitative estimate of drug-likeness (QED) is 0.217. The molecular weight excluding hydrogens is 482 g/mol. The van der Waals surface area contributed by atoms with Gasteiger partial charge in [-0.3, -0.25) is 14.2 Å². The molecule has 1 aromatic carbocycles. The van der Waals surface area contributed by atoms with Crippen molar-refractivity contribution in [1.29, 1.82) is 0 Å². The zero-order valence-electron chi connectivity index (χ0n) is 17.6. The standard InChI is InChI=1S/C23H22ClN3O2S3/c1-14(2)9-10-27-22(29)20-17(18-4-3-11-30-18)12-31-21(20)26-23(27)32-13-19(28)25-16-7-5-15(24)6-8-16/h3-8,11-12,14H,9-10,13H2,1-2H3,(H,25,28). The highest BCUT2D eigenvalue weighted by molar-refractivity contribution is 7.99. The monoisotopic (exact) mass is 503 g/mol. The highest BCUT2D eigenvalue weighted by Crippen LogP contribution is 2.34. The van der Waals surface area contributed by atoms with Crippen LogP contribution >= 0.6 is 46.0 Å². The number of benzene rings is 1. The van der Waals surface area contributed by atoms with Crippen LogP contribution in [-0.2, 0) is 11.3 Å². The van der Waals surface area contributed by atoms with Gasteiger partial charge in [-0.05, 0) is 48.1 Å². The van der Waals surface area contributed by atoms with Gasteiger partial charge in [0.05, 0.1) is 11.1 Å². The second-order valence-electron chi connectivity index (χ2n) is 7.68. The van der Waals surface area contributed by atoms with E-state index >= 15 is 0 Å². The van der Waals surface area contributed by atoms with Crippen LogP contribution in [0.2, 0.25) is 5.02 Å². The number of nitrogens with zero attached hydrogens (tertiary/aromatic N) is 2. The van der Waals surface area contributed by atoms with Gasteiger partial charge in [0.25, 0.3) is 5.56 Å². The molecule has 0 spiro atoms. The first-order valence-corrected chi connectivity index (χ1v) is 13.3. The van der Waals surface area contributed by atoms with E-state index in [1.165, 1.54) is 23.1 Å². The fourth-order valence-electron chi connectivity index (χ4n) is 3.17. The molecule has 0 saturated heterocycles. The Balaban J connectivity index is 1.62. The van der Waals surface area contributed by atoms with Gasteiger partial charge in [0.2, 0.25) is 5.91 Å². The number of halogens is 1. The number of thiophene rings is 2. The van der Waals surface area contributed by atoms with Crippen LogP contribution < -0.4 is 10.9 Å². The van der Waals surface area contributed by atoms with Crippen LogP contribution in [0, 0.1) is 5.92 Å². The predicted octanol–water partition coefficient (Wildman–Crippen LogP) is 6.62. The highest BCUT2D eigenvalue weighted by atomic mass is 35.5. The van der Waals surface area contributed by atoms with Gasteiger partial charge in [0.1, 0.15) is 4.83 Å². The van der Waals surface area contributed by atoms with Crippen LogP contribution in [-0.4, -0.2) is 21.2 Å². The number of rotatable bonds is 8. The number of hydrogen-bond acceptors (Lipinski definition) is 6. The van der Waals surface area contributed by atoms with Gasteiger partial charge in [-0.15, -0.1) is 22.7 Å². The van der Waals surface area contributed by atoms with Crippen LogP contribution in [0.4, 0.5) is 5.69 Å². The van der Waals surface area contributed by atoms with E-state index in [1.807, 2.05) is 22.9 Å². The van der Waals surface area contributed by atoms with E-state index in [9.17, 15) is 9.59 Å². The maximum atomic E-state index is 13.5. The lowest BCUT2D eigenvalue weighted by molar-refractivity contribution is -0.113. The number of nitrogens with one attached hydrogen (secondary N) is 1. The third-order valence-electron chi connectivity index (χ3n) is 4.84.